The van der Waals surface area contributed by atoms with E-state index in [2.05, 4.69) is 16.5 Å². The van der Waals surface area contributed by atoms with Gasteiger partial charge in [0, 0.05) is 6.54 Å². The number of aliphatic hydroxyl groups is 1. The minimum absolute atomic E-state index is 0.157. The Labute approximate surface area is 113 Å². The lowest BCUT2D eigenvalue weighted by Gasteiger charge is -2.09. The number of carbonyl (C=O) groups is 1. The standard InChI is InChI=1S/C15H20N2O2/c1-3-9-17-12-8-6-5-7-11(12)16-15(17)10-14(19)13(18)4-2/h5-8,13,18H,3-4,9-10H2,1-2H3. The van der Waals surface area contributed by atoms with Gasteiger partial charge in [0.25, 0.3) is 0 Å². The number of para-hydroxylation sites is 2. The molecule has 0 spiro atoms. The van der Waals surface area contributed by atoms with Crippen molar-refractivity contribution in [3.05, 3.63) is 30.1 Å². The second-order valence-electron chi connectivity index (χ2n) is 4.74. The Bertz CT molecular complexity index is 575. The molecule has 1 heterocycles. The third kappa shape index (κ3) is 2.84. The van der Waals surface area contributed by atoms with Crippen molar-refractivity contribution in [2.24, 2.45) is 0 Å². The molecule has 1 aromatic carbocycles. The minimum Gasteiger partial charge on any atom is -0.385 e. The number of nitrogens with zero attached hydrogens (tertiary/aromatic N) is 2. The first-order chi connectivity index (χ1) is 9.17. The van der Waals surface area contributed by atoms with Gasteiger partial charge in [-0.15, -0.1) is 0 Å². The van der Waals surface area contributed by atoms with Crippen LogP contribution in [0.2, 0.25) is 0 Å². The summed E-state index contributed by atoms with van der Waals surface area (Å²) in [7, 11) is 0. The van der Waals surface area contributed by atoms with E-state index >= 15 is 0 Å². The number of hydrogen-bond acceptors (Lipinski definition) is 3. The highest BCUT2D eigenvalue weighted by molar-refractivity contribution is 5.85. The first kappa shape index (κ1) is 13.7. The molecule has 4 heteroatoms. The zero-order valence-electron chi connectivity index (χ0n) is 11.5. The molecule has 1 atom stereocenters. The highest BCUT2D eigenvalue weighted by Crippen LogP contribution is 2.17. The summed E-state index contributed by atoms with van der Waals surface area (Å²) in [5.41, 5.74) is 1.96. The molecule has 0 aliphatic heterocycles. The highest BCUT2D eigenvalue weighted by atomic mass is 16.3. The van der Waals surface area contributed by atoms with Gasteiger partial charge in [-0.25, -0.2) is 4.98 Å². The number of fused-ring (bicyclic) bond motifs is 1. The molecular formula is C15H20N2O2. The normalized spacial score (nSPS) is 12.8. The smallest absolute Gasteiger partial charge is 0.168 e. The van der Waals surface area contributed by atoms with Crippen molar-refractivity contribution in [3.8, 4) is 0 Å². The molecule has 0 saturated carbocycles. The van der Waals surface area contributed by atoms with Crippen molar-refractivity contribution in [1.29, 1.82) is 0 Å². The van der Waals surface area contributed by atoms with Gasteiger partial charge in [-0.05, 0) is 25.0 Å². The number of aliphatic hydroxyl groups excluding tert-OH is 1. The van der Waals surface area contributed by atoms with Crippen LogP contribution in [0.15, 0.2) is 24.3 Å². The van der Waals surface area contributed by atoms with E-state index in [0.29, 0.717) is 6.42 Å². The molecule has 102 valence electrons. The topological polar surface area (TPSA) is 55.1 Å². The second-order valence-corrected chi connectivity index (χ2v) is 4.74. The van der Waals surface area contributed by atoms with Gasteiger partial charge >= 0.3 is 0 Å². The van der Waals surface area contributed by atoms with Gasteiger partial charge in [0.1, 0.15) is 11.9 Å². The molecule has 0 fully saturated rings. The summed E-state index contributed by atoms with van der Waals surface area (Å²) in [5.74, 6) is 0.593. The molecular weight excluding hydrogens is 240 g/mol. The van der Waals surface area contributed by atoms with Crippen LogP contribution in [0, 0.1) is 0 Å². The number of benzene rings is 1. The molecule has 0 radical (unpaired) electrons. The quantitative estimate of drug-likeness (QED) is 0.867. The maximum absolute atomic E-state index is 11.9. The molecule has 1 unspecified atom stereocenters. The lowest BCUT2D eigenvalue weighted by Crippen LogP contribution is -2.23. The Morgan fingerprint density at radius 2 is 2.11 bits per heavy atom. The van der Waals surface area contributed by atoms with Gasteiger partial charge in [0.05, 0.1) is 17.5 Å². The molecule has 1 aromatic heterocycles. The lowest BCUT2D eigenvalue weighted by molar-refractivity contribution is -0.126. The molecule has 2 rings (SSSR count). The number of rotatable bonds is 6. The lowest BCUT2D eigenvalue weighted by atomic mass is 10.1. The SMILES string of the molecule is CCCn1c(CC(=O)C(O)CC)nc2ccccc21. The van der Waals surface area contributed by atoms with Crippen LogP contribution in [-0.2, 0) is 17.8 Å². The molecule has 0 aliphatic rings. The zero-order valence-corrected chi connectivity index (χ0v) is 11.5. The van der Waals surface area contributed by atoms with Gasteiger partial charge < -0.3 is 9.67 Å². The maximum Gasteiger partial charge on any atom is 0.168 e. The minimum atomic E-state index is -0.880. The number of Topliss-reactive ketones (excluding diaryl/α,β-unsaturated/α-hetero) is 1. The van der Waals surface area contributed by atoms with E-state index in [-0.39, 0.29) is 12.2 Å². The van der Waals surface area contributed by atoms with Crippen LogP contribution in [0.4, 0.5) is 0 Å². The van der Waals surface area contributed by atoms with E-state index in [1.165, 1.54) is 0 Å². The van der Waals surface area contributed by atoms with E-state index in [1.807, 2.05) is 24.3 Å². The number of hydrogen-bond donors (Lipinski definition) is 1. The average Bonchev–Trinajstić information content (AvgIpc) is 2.76. The van der Waals surface area contributed by atoms with E-state index in [1.54, 1.807) is 6.92 Å². The van der Waals surface area contributed by atoms with Crippen LogP contribution in [0.25, 0.3) is 11.0 Å². The second kappa shape index (κ2) is 5.97. The maximum atomic E-state index is 11.9. The Balaban J connectivity index is 2.36. The molecule has 1 N–H and O–H groups in total. The van der Waals surface area contributed by atoms with Crippen molar-refractivity contribution in [3.63, 3.8) is 0 Å². The number of ketones is 1. The first-order valence-corrected chi connectivity index (χ1v) is 6.82. The molecule has 4 nitrogen and oxygen atoms in total. The molecule has 0 amide bonds. The number of aromatic nitrogens is 2. The number of carbonyl (C=O) groups excluding carboxylic acids is 1. The fourth-order valence-electron chi connectivity index (χ4n) is 2.23. The predicted octanol–water partition coefficient (Wildman–Crippen LogP) is 2.33. The van der Waals surface area contributed by atoms with Crippen LogP contribution in [0.1, 0.15) is 32.5 Å². The van der Waals surface area contributed by atoms with E-state index in [0.717, 1.165) is 29.8 Å². The summed E-state index contributed by atoms with van der Waals surface area (Å²) in [6, 6.07) is 7.88. The molecule has 0 bridgehead atoms. The van der Waals surface area contributed by atoms with E-state index < -0.39 is 6.10 Å². The van der Waals surface area contributed by atoms with Gasteiger partial charge in [-0.2, -0.15) is 0 Å². The molecule has 0 aliphatic carbocycles. The van der Waals surface area contributed by atoms with Crippen LogP contribution >= 0.6 is 0 Å². The van der Waals surface area contributed by atoms with Gasteiger partial charge in [0.2, 0.25) is 0 Å². The van der Waals surface area contributed by atoms with Gasteiger partial charge in [-0.3, -0.25) is 4.79 Å². The molecule has 0 saturated heterocycles. The van der Waals surface area contributed by atoms with E-state index in [9.17, 15) is 9.90 Å². The molecule has 2 aromatic rings. The summed E-state index contributed by atoms with van der Waals surface area (Å²) in [6.45, 7) is 4.74. The van der Waals surface area contributed by atoms with E-state index in [4.69, 9.17) is 0 Å². The summed E-state index contributed by atoms with van der Waals surface area (Å²) in [5, 5.41) is 9.60. The summed E-state index contributed by atoms with van der Waals surface area (Å²) in [6.07, 6.45) is 0.754. The molecule has 19 heavy (non-hydrogen) atoms. The summed E-state index contributed by atoms with van der Waals surface area (Å²) < 4.78 is 2.08. The number of imidazole rings is 1. The summed E-state index contributed by atoms with van der Waals surface area (Å²) >= 11 is 0. The average molecular weight is 260 g/mol. The predicted molar refractivity (Wildman–Crippen MR) is 75.0 cm³/mol. The van der Waals surface area contributed by atoms with Crippen molar-refractivity contribution < 1.29 is 9.90 Å². The van der Waals surface area contributed by atoms with Crippen LogP contribution < -0.4 is 0 Å². The Morgan fingerprint density at radius 1 is 1.37 bits per heavy atom. The van der Waals surface area contributed by atoms with Crippen LogP contribution in [0.5, 0.6) is 0 Å². The first-order valence-electron chi connectivity index (χ1n) is 6.82. The Morgan fingerprint density at radius 3 is 2.79 bits per heavy atom. The number of aryl methyl sites for hydroxylation is 1. The van der Waals surface area contributed by atoms with Crippen LogP contribution in [0.3, 0.4) is 0 Å². The third-order valence-corrected chi connectivity index (χ3v) is 3.27. The van der Waals surface area contributed by atoms with Crippen molar-refractivity contribution in [2.75, 3.05) is 0 Å². The fraction of sp³-hybridized carbons (Fsp3) is 0.467. The monoisotopic (exact) mass is 260 g/mol. The van der Waals surface area contributed by atoms with Crippen molar-refractivity contribution >= 4 is 16.8 Å². The van der Waals surface area contributed by atoms with Crippen LogP contribution in [-0.4, -0.2) is 26.5 Å². The van der Waals surface area contributed by atoms with Crippen molar-refractivity contribution in [1.82, 2.24) is 9.55 Å². The Kier molecular flexibility index (Phi) is 4.32. The fourth-order valence-corrected chi connectivity index (χ4v) is 2.23. The van der Waals surface area contributed by atoms with Gasteiger partial charge in [-0.1, -0.05) is 26.0 Å². The van der Waals surface area contributed by atoms with Gasteiger partial charge in [0.15, 0.2) is 5.78 Å². The third-order valence-electron chi connectivity index (χ3n) is 3.27. The summed E-state index contributed by atoms with van der Waals surface area (Å²) in [4.78, 5) is 16.4. The van der Waals surface area contributed by atoms with Crippen molar-refractivity contribution in [2.45, 2.75) is 45.8 Å². The Hall–Kier alpha value is -1.68. The zero-order chi connectivity index (χ0) is 13.8. The highest BCUT2D eigenvalue weighted by Gasteiger charge is 2.18. The largest absolute Gasteiger partial charge is 0.385 e.